The van der Waals surface area contributed by atoms with Crippen LogP contribution in [0.25, 0.3) is 0 Å². The number of aryl methyl sites for hydroxylation is 1. The van der Waals surface area contributed by atoms with Crippen LogP contribution in [0.1, 0.15) is 17.5 Å². The molecule has 0 bridgehead atoms. The molecule has 0 saturated carbocycles. The molecular weight excluding hydrogens is 198 g/mol. The predicted octanol–water partition coefficient (Wildman–Crippen LogP) is 1.82. The Hall–Kier alpha value is -1.61. The molecule has 0 saturated heterocycles. The summed E-state index contributed by atoms with van der Waals surface area (Å²) in [4.78, 5) is 4.03. The van der Waals surface area contributed by atoms with Gasteiger partial charge in [-0.2, -0.15) is 0 Å². The number of aromatic nitrogens is 2. The Morgan fingerprint density at radius 2 is 1.88 bits per heavy atom. The van der Waals surface area contributed by atoms with Crippen molar-refractivity contribution in [1.29, 1.82) is 0 Å². The van der Waals surface area contributed by atoms with Gasteiger partial charge in [0.2, 0.25) is 0 Å². The molecule has 0 amide bonds. The molecular formula is C13H17N3. The third-order valence-electron chi connectivity index (χ3n) is 2.62. The van der Waals surface area contributed by atoms with E-state index in [0.717, 1.165) is 25.9 Å². The van der Waals surface area contributed by atoms with Crippen LogP contribution >= 0.6 is 0 Å². The second-order valence-corrected chi connectivity index (χ2v) is 3.94. The van der Waals surface area contributed by atoms with Gasteiger partial charge in [-0.1, -0.05) is 24.3 Å². The molecule has 2 N–H and O–H groups in total. The van der Waals surface area contributed by atoms with Gasteiger partial charge in [-0.05, 0) is 30.5 Å². The lowest BCUT2D eigenvalue weighted by atomic mass is 10.1. The van der Waals surface area contributed by atoms with E-state index in [-0.39, 0.29) is 0 Å². The van der Waals surface area contributed by atoms with Gasteiger partial charge >= 0.3 is 0 Å². The highest BCUT2D eigenvalue weighted by molar-refractivity contribution is 5.22. The Bertz CT molecular complexity index is 403. The van der Waals surface area contributed by atoms with Gasteiger partial charge in [0.15, 0.2) is 0 Å². The Morgan fingerprint density at radius 1 is 1.12 bits per heavy atom. The second kappa shape index (κ2) is 5.47. The Morgan fingerprint density at radius 3 is 2.50 bits per heavy atom. The first-order valence-electron chi connectivity index (χ1n) is 5.62. The third-order valence-corrected chi connectivity index (χ3v) is 2.62. The van der Waals surface area contributed by atoms with Gasteiger partial charge in [0, 0.05) is 18.9 Å². The molecule has 3 nitrogen and oxygen atoms in total. The van der Waals surface area contributed by atoms with E-state index in [1.165, 1.54) is 11.1 Å². The average molecular weight is 215 g/mol. The van der Waals surface area contributed by atoms with Crippen LogP contribution in [0.2, 0.25) is 0 Å². The Balaban J connectivity index is 1.96. The van der Waals surface area contributed by atoms with Crippen molar-refractivity contribution in [3.8, 4) is 0 Å². The highest BCUT2D eigenvalue weighted by Gasteiger charge is 1.96. The monoisotopic (exact) mass is 215 g/mol. The summed E-state index contributed by atoms with van der Waals surface area (Å²) in [5.74, 6) is 0. The molecule has 1 heterocycles. The fourth-order valence-corrected chi connectivity index (χ4v) is 1.71. The maximum Gasteiger partial charge on any atom is 0.0949 e. The second-order valence-electron chi connectivity index (χ2n) is 3.94. The number of nitrogens with two attached hydrogens (primary N) is 1. The lowest BCUT2D eigenvalue weighted by molar-refractivity contribution is 0.794. The smallest absolute Gasteiger partial charge is 0.0949 e. The molecule has 0 radical (unpaired) electrons. The van der Waals surface area contributed by atoms with Gasteiger partial charge in [0.1, 0.15) is 0 Å². The maximum atomic E-state index is 5.49. The standard InChI is InChI=1S/C13H17N3/c14-7-1-2-12-3-5-13(6-4-12)10-16-9-8-15-11-16/h3-6,8-9,11H,1-2,7,10,14H2. The zero-order valence-corrected chi connectivity index (χ0v) is 9.34. The minimum Gasteiger partial charge on any atom is -0.333 e. The Kier molecular flexibility index (Phi) is 3.72. The summed E-state index contributed by atoms with van der Waals surface area (Å²) >= 11 is 0. The van der Waals surface area contributed by atoms with Crippen LogP contribution < -0.4 is 5.73 Å². The number of imidazole rings is 1. The normalized spacial score (nSPS) is 10.6. The van der Waals surface area contributed by atoms with Crippen LogP contribution in [-0.4, -0.2) is 16.1 Å². The zero-order chi connectivity index (χ0) is 11.2. The van der Waals surface area contributed by atoms with Crippen molar-refractivity contribution in [3.63, 3.8) is 0 Å². The van der Waals surface area contributed by atoms with Gasteiger partial charge in [-0.25, -0.2) is 4.98 Å². The van der Waals surface area contributed by atoms with Crippen LogP contribution in [0.5, 0.6) is 0 Å². The first-order valence-corrected chi connectivity index (χ1v) is 5.62. The molecule has 0 spiro atoms. The molecule has 0 aliphatic heterocycles. The summed E-state index contributed by atoms with van der Waals surface area (Å²) in [6, 6.07) is 8.71. The predicted molar refractivity (Wildman–Crippen MR) is 65.1 cm³/mol. The van der Waals surface area contributed by atoms with E-state index in [2.05, 4.69) is 33.8 Å². The molecule has 0 aliphatic carbocycles. The summed E-state index contributed by atoms with van der Waals surface area (Å²) in [5, 5.41) is 0. The molecule has 0 unspecified atom stereocenters. The molecule has 1 aromatic carbocycles. The lowest BCUT2D eigenvalue weighted by Crippen LogP contribution is -2.00. The van der Waals surface area contributed by atoms with Crippen molar-refractivity contribution < 1.29 is 0 Å². The van der Waals surface area contributed by atoms with Crippen molar-refractivity contribution in [2.45, 2.75) is 19.4 Å². The highest BCUT2D eigenvalue weighted by Crippen LogP contribution is 2.07. The fraction of sp³-hybridized carbons (Fsp3) is 0.308. The number of hydrogen-bond donors (Lipinski definition) is 1. The average Bonchev–Trinajstić information content (AvgIpc) is 2.81. The molecule has 2 rings (SSSR count). The van der Waals surface area contributed by atoms with Crippen LogP contribution in [0.4, 0.5) is 0 Å². The largest absolute Gasteiger partial charge is 0.333 e. The summed E-state index contributed by atoms with van der Waals surface area (Å²) < 4.78 is 2.06. The molecule has 0 fully saturated rings. The third kappa shape index (κ3) is 2.94. The van der Waals surface area contributed by atoms with E-state index in [4.69, 9.17) is 5.73 Å². The van der Waals surface area contributed by atoms with E-state index in [0.29, 0.717) is 0 Å². The van der Waals surface area contributed by atoms with E-state index in [1.807, 2.05) is 12.5 Å². The summed E-state index contributed by atoms with van der Waals surface area (Å²) in [5.41, 5.74) is 8.15. The first kappa shape index (κ1) is 10.9. The van der Waals surface area contributed by atoms with Gasteiger partial charge in [-0.15, -0.1) is 0 Å². The van der Waals surface area contributed by atoms with Crippen molar-refractivity contribution >= 4 is 0 Å². The lowest BCUT2D eigenvalue weighted by Gasteiger charge is -2.04. The molecule has 0 atom stereocenters. The Labute approximate surface area is 95.9 Å². The van der Waals surface area contributed by atoms with Gasteiger partial charge in [0.25, 0.3) is 0 Å². The van der Waals surface area contributed by atoms with Crippen LogP contribution in [-0.2, 0) is 13.0 Å². The fourth-order valence-electron chi connectivity index (χ4n) is 1.71. The van der Waals surface area contributed by atoms with Crippen molar-refractivity contribution in [2.75, 3.05) is 6.54 Å². The first-order chi connectivity index (χ1) is 7.88. The van der Waals surface area contributed by atoms with Crippen molar-refractivity contribution in [3.05, 3.63) is 54.1 Å². The number of benzene rings is 1. The number of rotatable bonds is 5. The molecule has 84 valence electrons. The highest BCUT2D eigenvalue weighted by atomic mass is 15.0. The SMILES string of the molecule is NCCCc1ccc(Cn2ccnc2)cc1. The quantitative estimate of drug-likeness (QED) is 0.826. The summed E-state index contributed by atoms with van der Waals surface area (Å²) in [6.45, 7) is 1.65. The van der Waals surface area contributed by atoms with Crippen LogP contribution in [0.3, 0.4) is 0 Å². The van der Waals surface area contributed by atoms with Gasteiger partial charge in [-0.3, -0.25) is 0 Å². The van der Waals surface area contributed by atoms with Gasteiger partial charge < -0.3 is 10.3 Å². The number of nitrogens with zero attached hydrogens (tertiary/aromatic N) is 2. The zero-order valence-electron chi connectivity index (χ0n) is 9.34. The van der Waals surface area contributed by atoms with E-state index in [9.17, 15) is 0 Å². The number of hydrogen-bond acceptors (Lipinski definition) is 2. The van der Waals surface area contributed by atoms with Crippen molar-refractivity contribution in [2.24, 2.45) is 5.73 Å². The van der Waals surface area contributed by atoms with Crippen LogP contribution in [0, 0.1) is 0 Å². The minimum atomic E-state index is 0.761. The maximum absolute atomic E-state index is 5.49. The molecule has 3 heteroatoms. The molecule has 16 heavy (non-hydrogen) atoms. The van der Waals surface area contributed by atoms with E-state index >= 15 is 0 Å². The molecule has 2 aromatic rings. The van der Waals surface area contributed by atoms with Gasteiger partial charge in [0.05, 0.1) is 6.33 Å². The summed E-state index contributed by atoms with van der Waals surface area (Å²) in [6.07, 6.45) is 7.74. The molecule has 0 aliphatic rings. The van der Waals surface area contributed by atoms with Crippen LogP contribution in [0.15, 0.2) is 43.0 Å². The van der Waals surface area contributed by atoms with E-state index < -0.39 is 0 Å². The van der Waals surface area contributed by atoms with E-state index in [1.54, 1.807) is 6.20 Å². The molecule has 1 aromatic heterocycles. The topological polar surface area (TPSA) is 43.8 Å². The summed E-state index contributed by atoms with van der Waals surface area (Å²) in [7, 11) is 0. The van der Waals surface area contributed by atoms with Crippen molar-refractivity contribution in [1.82, 2.24) is 9.55 Å². The minimum absolute atomic E-state index is 0.761.